The summed E-state index contributed by atoms with van der Waals surface area (Å²) in [6.07, 6.45) is 0.801. The number of phenolic OH excluding ortho intramolecular Hbond substituents is 1. The minimum absolute atomic E-state index is 0.0124. The first-order chi connectivity index (χ1) is 21.6. The molecule has 1 amide bonds. The number of rotatable bonds is 8. The highest BCUT2D eigenvalue weighted by Gasteiger charge is 2.75. The zero-order chi connectivity index (χ0) is 33.1. The van der Waals surface area contributed by atoms with Crippen LogP contribution in [0.4, 0.5) is 0 Å². The van der Waals surface area contributed by atoms with Crippen molar-refractivity contribution in [2.75, 3.05) is 13.9 Å². The van der Waals surface area contributed by atoms with Crippen LogP contribution in [-0.2, 0) is 25.5 Å². The van der Waals surface area contributed by atoms with Crippen LogP contribution >= 0.6 is 11.9 Å². The highest BCUT2D eigenvalue weighted by Crippen LogP contribution is 2.69. The molecule has 2 aromatic carbocycles. The van der Waals surface area contributed by atoms with Crippen molar-refractivity contribution in [1.82, 2.24) is 10.2 Å². The van der Waals surface area contributed by atoms with Crippen molar-refractivity contribution in [3.8, 4) is 34.5 Å². The van der Waals surface area contributed by atoms with E-state index in [1.165, 1.54) is 0 Å². The standard InChI is InChI=1S/C31H38BN2O9SSi/c1-14-22(35)21-20(25-23(14)39-13-40-25)17-12-31(21)26(28(37)41-31)34(17)27(36)16-11-30(5,33-16)15-9-18(42-44-32)24(38-6)19(10-15)43-45(7,8)29(2,3)4/h9-10,16-17,26,32-33,35H,11-13H2,1-8H3/t16-,17+,26+,30?,31-/m0/s1/i32T. The lowest BCUT2D eigenvalue weighted by Gasteiger charge is -2.52. The van der Waals surface area contributed by atoms with Crippen molar-refractivity contribution >= 4 is 39.2 Å². The van der Waals surface area contributed by atoms with Gasteiger partial charge in [-0.3, -0.25) is 10.1 Å². The zero-order valence-electron chi connectivity index (χ0n) is 27.7. The molecule has 2 aromatic rings. The average Bonchev–Trinajstić information content (AvgIpc) is 3.65. The summed E-state index contributed by atoms with van der Waals surface area (Å²) >= 11 is 0.864. The number of esters is 1. The van der Waals surface area contributed by atoms with Crippen molar-refractivity contribution in [2.24, 2.45) is 0 Å². The highest BCUT2D eigenvalue weighted by atomic mass is 32.2. The third-order valence-corrected chi connectivity index (χ3v) is 15.3. The van der Waals surface area contributed by atoms with Crippen LogP contribution in [0, 0.1) is 6.92 Å². The van der Waals surface area contributed by atoms with Crippen LogP contribution in [-0.4, -0.2) is 64.6 Å². The second-order valence-corrected chi connectivity index (χ2v) is 19.4. The molecule has 5 atom stereocenters. The lowest BCUT2D eigenvalue weighted by Crippen LogP contribution is -2.70. The van der Waals surface area contributed by atoms with Crippen LogP contribution in [0.2, 0.25) is 18.1 Å². The average molecular weight is 656 g/mol. The maximum absolute atomic E-state index is 14.2. The van der Waals surface area contributed by atoms with Crippen molar-refractivity contribution < 1.29 is 42.3 Å². The van der Waals surface area contributed by atoms with Gasteiger partial charge in [0.15, 0.2) is 34.6 Å². The number of fused-ring (bicyclic) bond motifs is 5. The maximum atomic E-state index is 14.2. The Morgan fingerprint density at radius 3 is 2.58 bits per heavy atom. The van der Waals surface area contributed by atoms with E-state index in [4.69, 9.17) is 28.9 Å². The predicted molar refractivity (Wildman–Crippen MR) is 170 cm³/mol. The van der Waals surface area contributed by atoms with Gasteiger partial charge >= 0.3 is 5.97 Å². The quantitative estimate of drug-likeness (QED) is 0.240. The first kappa shape index (κ1) is 29.2. The normalized spacial score (nSPS) is 29.2. The van der Waals surface area contributed by atoms with Crippen LogP contribution in [0.1, 0.15) is 68.8 Å². The second-order valence-electron chi connectivity index (χ2n) is 14.3. The van der Waals surface area contributed by atoms with Crippen LogP contribution in [0.5, 0.6) is 34.5 Å². The predicted octanol–water partition coefficient (Wildman–Crippen LogP) is 4.35. The van der Waals surface area contributed by atoms with E-state index in [0.29, 0.717) is 58.3 Å². The minimum atomic E-state index is -2.29. The fourth-order valence-corrected chi connectivity index (χ4v) is 8.58. The summed E-state index contributed by atoms with van der Waals surface area (Å²) in [6, 6.07) is 1.89. The Kier molecular flexibility index (Phi) is 6.26. The number of aromatic hydroxyl groups is 1. The number of nitrogens with one attached hydrogen (secondary N) is 1. The Labute approximate surface area is 270 Å². The van der Waals surface area contributed by atoms with Crippen molar-refractivity contribution in [1.29, 1.82) is 1.34 Å². The summed E-state index contributed by atoms with van der Waals surface area (Å²) < 4.78 is 43.0. The number of carbonyl (C=O) groups is 2. The van der Waals surface area contributed by atoms with Crippen molar-refractivity contribution in [3.63, 3.8) is 0 Å². The van der Waals surface area contributed by atoms with Gasteiger partial charge in [-0.15, -0.1) is 0 Å². The van der Waals surface area contributed by atoms with Crippen LogP contribution in [0.25, 0.3) is 0 Å². The van der Waals surface area contributed by atoms with Gasteiger partial charge in [-0.1, -0.05) is 20.8 Å². The molecule has 1 aliphatic carbocycles. The molecule has 0 aromatic heterocycles. The molecule has 4 aliphatic heterocycles. The molecule has 45 heavy (non-hydrogen) atoms. The molecule has 14 heteroatoms. The molecule has 3 fully saturated rings. The Morgan fingerprint density at radius 1 is 1.24 bits per heavy atom. The van der Waals surface area contributed by atoms with Gasteiger partial charge in [0.2, 0.25) is 25.5 Å². The first-order valence-corrected chi connectivity index (χ1v) is 18.7. The highest BCUT2D eigenvalue weighted by molar-refractivity contribution is 8.16. The molecule has 1 radical (unpaired) electrons. The molecule has 7 rings (SSSR count). The number of phenols is 1. The fourth-order valence-electron chi connectivity index (χ4n) is 7.35. The van der Waals surface area contributed by atoms with E-state index in [-0.39, 0.29) is 23.5 Å². The SMILES string of the molecule is [3H][B]SOc1cc(C2(C)C[C@@H](C(=O)N3[C@@H]4C[C@]5(OC(=O)[C@@H]35)c3c(O)c(C)c5c(c34)OCO5)N2)cc(O[Si](C)(C)C(C)(C)C)c1OC. The lowest BCUT2D eigenvalue weighted by atomic mass is 9.76. The number of likely N-dealkylation sites (tertiary alicyclic amines) is 1. The third-order valence-electron chi connectivity index (χ3n) is 10.7. The summed E-state index contributed by atoms with van der Waals surface area (Å²) in [5.74, 6) is 1.69. The molecular formula is C31H38BN2O9SSi. The Bertz CT molecular complexity index is 1680. The molecule has 239 valence electrons. The Morgan fingerprint density at radius 2 is 1.93 bits per heavy atom. The van der Waals surface area contributed by atoms with Crippen LogP contribution < -0.4 is 28.1 Å². The molecule has 3 saturated heterocycles. The van der Waals surface area contributed by atoms with Gasteiger partial charge in [0.05, 0.1) is 19.2 Å². The van der Waals surface area contributed by atoms with E-state index in [2.05, 4.69) is 39.2 Å². The second kappa shape index (κ2) is 9.65. The van der Waals surface area contributed by atoms with Crippen molar-refractivity contribution in [2.45, 2.75) is 94.9 Å². The Balaban J connectivity index is 1.19. The van der Waals surface area contributed by atoms with Crippen LogP contribution in [0.3, 0.4) is 0 Å². The molecule has 0 saturated carbocycles. The van der Waals surface area contributed by atoms with E-state index in [1.54, 1.807) is 18.9 Å². The maximum Gasteiger partial charge on any atom is 0.334 e. The summed E-state index contributed by atoms with van der Waals surface area (Å²) in [6.45, 7) is 14.5. The summed E-state index contributed by atoms with van der Waals surface area (Å²) in [5, 5.41) is 14.6. The topological polar surface area (TPSA) is 125 Å². The van der Waals surface area contributed by atoms with Gasteiger partial charge in [-0.05, 0) is 69.3 Å². The van der Waals surface area contributed by atoms with E-state index >= 15 is 0 Å². The van der Waals surface area contributed by atoms with Gasteiger partial charge < -0.3 is 37.6 Å². The zero-order valence-corrected chi connectivity index (χ0v) is 28.5. The molecule has 1 spiro atoms. The molecular weight excluding hydrogens is 615 g/mol. The monoisotopic (exact) mass is 655 g/mol. The number of carbonyl (C=O) groups excluding carboxylic acids is 2. The van der Waals surface area contributed by atoms with Gasteiger partial charge in [0.1, 0.15) is 5.75 Å². The summed E-state index contributed by atoms with van der Waals surface area (Å²) in [5.41, 5.74) is 0.824. The number of nitrogens with zero attached hydrogens (tertiary/aromatic N) is 1. The minimum Gasteiger partial charge on any atom is -0.541 e. The smallest absolute Gasteiger partial charge is 0.334 e. The molecule has 11 nitrogen and oxygen atoms in total. The largest absolute Gasteiger partial charge is 0.541 e. The van der Waals surface area contributed by atoms with Gasteiger partial charge in [0, 0.05) is 28.7 Å². The number of ether oxygens (including phenoxy) is 4. The molecule has 2 bridgehead atoms. The number of hydrogen-bond donors (Lipinski definition) is 2. The van der Waals surface area contributed by atoms with Gasteiger partial charge in [0.25, 0.3) is 8.32 Å². The third kappa shape index (κ3) is 4.00. The van der Waals surface area contributed by atoms with E-state index < -0.39 is 43.6 Å². The first-order valence-electron chi connectivity index (χ1n) is 15.6. The number of amides is 1. The van der Waals surface area contributed by atoms with Crippen LogP contribution in [0.15, 0.2) is 12.1 Å². The molecule has 2 N–H and O–H groups in total. The molecule has 1 unspecified atom stereocenters. The molecule has 4 heterocycles. The van der Waals surface area contributed by atoms with Gasteiger partial charge in [-0.25, -0.2) is 4.79 Å². The van der Waals surface area contributed by atoms with Crippen molar-refractivity contribution in [3.05, 3.63) is 34.4 Å². The fraction of sp³-hybridized carbons (Fsp3) is 0.548. The summed E-state index contributed by atoms with van der Waals surface area (Å²) in [7, 11) is 0.359. The van der Waals surface area contributed by atoms with E-state index in [1.807, 2.05) is 19.1 Å². The van der Waals surface area contributed by atoms with Gasteiger partial charge in [-0.2, -0.15) is 0 Å². The number of hydrogen-bond acceptors (Lipinski definition) is 11. The number of methoxy groups -OCH3 is 1. The lowest BCUT2D eigenvalue weighted by molar-refractivity contribution is -0.209. The molecule has 5 aliphatic rings. The summed E-state index contributed by atoms with van der Waals surface area (Å²) in [4.78, 5) is 28.8. The number of benzene rings is 2. The van der Waals surface area contributed by atoms with E-state index in [0.717, 1.165) is 24.5 Å². The Hall–Kier alpha value is -3.23. The van der Waals surface area contributed by atoms with E-state index in [9.17, 15) is 14.7 Å².